The third-order valence-corrected chi connectivity index (χ3v) is 2.75. The molecule has 1 aromatic rings. The van der Waals surface area contributed by atoms with Crippen LogP contribution < -0.4 is 5.32 Å². The SMILES string of the molecule is O=C1C=C(Nc2ccc(F)c([N+](=O)[O-])c2)C(=O)N1CCO. The highest BCUT2D eigenvalue weighted by Gasteiger charge is 2.30. The van der Waals surface area contributed by atoms with Gasteiger partial charge >= 0.3 is 5.69 Å². The number of carbonyl (C=O) groups excluding carboxylic acids is 2. The van der Waals surface area contributed by atoms with Crippen LogP contribution in [0.4, 0.5) is 15.8 Å². The van der Waals surface area contributed by atoms with Crippen molar-refractivity contribution in [3.8, 4) is 0 Å². The highest BCUT2D eigenvalue weighted by atomic mass is 19.1. The van der Waals surface area contributed by atoms with Gasteiger partial charge in [-0.05, 0) is 12.1 Å². The van der Waals surface area contributed by atoms with Crippen LogP contribution in [-0.4, -0.2) is 39.9 Å². The Morgan fingerprint density at radius 3 is 2.71 bits per heavy atom. The first-order chi connectivity index (χ1) is 9.93. The lowest BCUT2D eigenvalue weighted by molar-refractivity contribution is -0.387. The van der Waals surface area contributed by atoms with Gasteiger partial charge in [-0.15, -0.1) is 0 Å². The maximum absolute atomic E-state index is 13.2. The molecule has 0 spiro atoms. The summed E-state index contributed by atoms with van der Waals surface area (Å²) in [5.41, 5.74) is -0.750. The predicted octanol–water partition coefficient (Wildman–Crippen LogP) is 0.391. The Morgan fingerprint density at radius 2 is 2.10 bits per heavy atom. The number of nitrogens with one attached hydrogen (secondary N) is 1. The standard InChI is InChI=1S/C12H10FN3O5/c13-8-2-1-7(5-10(8)16(20)21)14-9-6-11(18)15(3-4-17)12(9)19/h1-2,5-6,14,17H,3-4H2. The van der Waals surface area contributed by atoms with E-state index in [0.717, 1.165) is 23.1 Å². The number of halogens is 1. The zero-order chi connectivity index (χ0) is 15.6. The molecule has 0 saturated heterocycles. The van der Waals surface area contributed by atoms with E-state index in [4.69, 9.17) is 5.11 Å². The molecule has 1 aliphatic rings. The van der Waals surface area contributed by atoms with E-state index in [1.807, 2.05) is 0 Å². The Bertz CT molecular complexity index is 658. The van der Waals surface area contributed by atoms with Crippen LogP contribution in [-0.2, 0) is 9.59 Å². The average Bonchev–Trinajstić information content (AvgIpc) is 2.69. The molecule has 0 bridgehead atoms. The third kappa shape index (κ3) is 2.87. The van der Waals surface area contributed by atoms with Crippen LogP contribution in [0.15, 0.2) is 30.0 Å². The van der Waals surface area contributed by atoms with Crippen molar-refractivity contribution in [2.45, 2.75) is 0 Å². The Balaban J connectivity index is 2.22. The van der Waals surface area contributed by atoms with Gasteiger partial charge < -0.3 is 10.4 Å². The number of anilines is 1. The first-order valence-electron chi connectivity index (χ1n) is 5.83. The minimum absolute atomic E-state index is 0.0985. The van der Waals surface area contributed by atoms with Crippen molar-refractivity contribution < 1.29 is 24.0 Å². The molecule has 0 aliphatic carbocycles. The maximum atomic E-state index is 13.2. The summed E-state index contributed by atoms with van der Waals surface area (Å²) < 4.78 is 13.2. The minimum atomic E-state index is -1.00. The smallest absolute Gasteiger partial charge is 0.306 e. The van der Waals surface area contributed by atoms with Crippen LogP contribution in [0.3, 0.4) is 0 Å². The number of amides is 2. The van der Waals surface area contributed by atoms with E-state index in [9.17, 15) is 24.1 Å². The molecule has 0 aromatic heterocycles. The molecule has 1 heterocycles. The molecule has 110 valence electrons. The van der Waals surface area contributed by atoms with Gasteiger partial charge in [0.2, 0.25) is 5.82 Å². The van der Waals surface area contributed by atoms with Gasteiger partial charge in [-0.2, -0.15) is 4.39 Å². The number of nitro groups is 1. The second-order valence-corrected chi connectivity index (χ2v) is 4.12. The van der Waals surface area contributed by atoms with Gasteiger partial charge in [0.15, 0.2) is 0 Å². The molecule has 0 fully saturated rings. The molecule has 2 N–H and O–H groups in total. The summed E-state index contributed by atoms with van der Waals surface area (Å²) in [5, 5.41) is 21.9. The molecule has 0 unspecified atom stereocenters. The van der Waals surface area contributed by atoms with E-state index in [1.54, 1.807) is 0 Å². The van der Waals surface area contributed by atoms with Gasteiger partial charge in [-0.1, -0.05) is 0 Å². The number of aliphatic hydroxyl groups excluding tert-OH is 1. The number of benzene rings is 1. The number of nitro benzene ring substituents is 1. The summed E-state index contributed by atoms with van der Waals surface area (Å²) >= 11 is 0. The van der Waals surface area contributed by atoms with Crippen LogP contribution >= 0.6 is 0 Å². The monoisotopic (exact) mass is 295 g/mol. The molecule has 1 aliphatic heterocycles. The van der Waals surface area contributed by atoms with Gasteiger partial charge in [-0.25, -0.2) is 0 Å². The third-order valence-electron chi connectivity index (χ3n) is 2.75. The molecule has 8 nitrogen and oxygen atoms in total. The molecular weight excluding hydrogens is 285 g/mol. The first kappa shape index (κ1) is 14.6. The Morgan fingerprint density at radius 1 is 1.38 bits per heavy atom. The largest absolute Gasteiger partial charge is 0.395 e. The predicted molar refractivity (Wildman–Crippen MR) is 68.6 cm³/mol. The van der Waals surface area contributed by atoms with Crippen LogP contribution in [0.1, 0.15) is 0 Å². The Labute approximate surface area is 117 Å². The number of nitrogens with zero attached hydrogens (tertiary/aromatic N) is 2. The minimum Gasteiger partial charge on any atom is -0.395 e. The van der Waals surface area contributed by atoms with Gasteiger partial charge in [0.1, 0.15) is 5.70 Å². The van der Waals surface area contributed by atoms with Crippen molar-refractivity contribution >= 4 is 23.2 Å². The lowest BCUT2D eigenvalue weighted by Crippen LogP contribution is -2.34. The number of carbonyl (C=O) groups is 2. The second-order valence-electron chi connectivity index (χ2n) is 4.12. The summed E-state index contributed by atoms with van der Waals surface area (Å²) in [4.78, 5) is 33.9. The number of imide groups is 1. The van der Waals surface area contributed by atoms with E-state index < -0.39 is 28.2 Å². The van der Waals surface area contributed by atoms with Crippen molar-refractivity contribution in [3.63, 3.8) is 0 Å². The Kier molecular flexibility index (Phi) is 3.94. The fourth-order valence-corrected chi connectivity index (χ4v) is 1.80. The number of rotatable bonds is 5. The lowest BCUT2D eigenvalue weighted by Gasteiger charge is -2.13. The molecule has 9 heteroatoms. The summed E-state index contributed by atoms with van der Waals surface area (Å²) in [6.45, 7) is -0.524. The fraction of sp³-hybridized carbons (Fsp3) is 0.167. The van der Waals surface area contributed by atoms with E-state index in [-0.39, 0.29) is 24.5 Å². The molecule has 2 amide bonds. The first-order valence-corrected chi connectivity index (χ1v) is 5.83. The summed E-state index contributed by atoms with van der Waals surface area (Å²) in [7, 11) is 0. The van der Waals surface area contributed by atoms with Gasteiger partial charge in [0.05, 0.1) is 18.1 Å². The average molecular weight is 295 g/mol. The van der Waals surface area contributed by atoms with E-state index in [2.05, 4.69) is 5.32 Å². The summed E-state index contributed by atoms with van der Waals surface area (Å²) in [6.07, 6.45) is 1.01. The van der Waals surface area contributed by atoms with Crippen molar-refractivity contribution in [2.24, 2.45) is 0 Å². The topological polar surface area (TPSA) is 113 Å². The normalized spacial score (nSPS) is 14.4. The molecular formula is C12H10FN3O5. The van der Waals surface area contributed by atoms with Crippen LogP contribution in [0, 0.1) is 15.9 Å². The number of hydrogen-bond donors (Lipinski definition) is 2. The summed E-state index contributed by atoms with van der Waals surface area (Å²) in [5.74, 6) is -2.27. The molecule has 2 rings (SSSR count). The van der Waals surface area contributed by atoms with Crippen molar-refractivity contribution in [1.29, 1.82) is 0 Å². The fourth-order valence-electron chi connectivity index (χ4n) is 1.80. The number of aliphatic hydroxyl groups is 1. The molecule has 0 saturated carbocycles. The molecule has 1 aromatic carbocycles. The van der Waals surface area contributed by atoms with Crippen LogP contribution in [0.25, 0.3) is 0 Å². The van der Waals surface area contributed by atoms with Gasteiger partial charge in [0, 0.05) is 17.8 Å². The number of β-amino-alcohol motifs (C(OH)–C–C–N with tert-alkyl or cyclic N) is 1. The van der Waals surface area contributed by atoms with Crippen LogP contribution in [0.5, 0.6) is 0 Å². The number of hydrogen-bond acceptors (Lipinski definition) is 6. The van der Waals surface area contributed by atoms with Crippen molar-refractivity contribution in [1.82, 2.24) is 4.90 Å². The van der Waals surface area contributed by atoms with Gasteiger partial charge in [0.25, 0.3) is 11.8 Å². The van der Waals surface area contributed by atoms with Crippen LogP contribution in [0.2, 0.25) is 0 Å². The van der Waals surface area contributed by atoms with E-state index in [1.165, 1.54) is 6.07 Å². The Hall–Kier alpha value is -2.81. The van der Waals surface area contributed by atoms with E-state index >= 15 is 0 Å². The molecule has 0 atom stereocenters. The zero-order valence-electron chi connectivity index (χ0n) is 10.6. The van der Waals surface area contributed by atoms with Gasteiger partial charge in [-0.3, -0.25) is 24.6 Å². The molecule has 0 radical (unpaired) electrons. The quantitative estimate of drug-likeness (QED) is 0.461. The van der Waals surface area contributed by atoms with Crippen molar-refractivity contribution in [2.75, 3.05) is 18.5 Å². The molecule has 21 heavy (non-hydrogen) atoms. The second kappa shape index (κ2) is 5.67. The summed E-state index contributed by atoms with van der Waals surface area (Å²) in [6, 6.07) is 3.01. The van der Waals surface area contributed by atoms with Crippen molar-refractivity contribution in [3.05, 3.63) is 45.9 Å². The van der Waals surface area contributed by atoms with E-state index in [0.29, 0.717) is 0 Å². The maximum Gasteiger partial charge on any atom is 0.306 e. The lowest BCUT2D eigenvalue weighted by atomic mass is 10.2. The zero-order valence-corrected chi connectivity index (χ0v) is 10.6. The highest BCUT2D eigenvalue weighted by molar-refractivity contribution is 6.17. The highest BCUT2D eigenvalue weighted by Crippen LogP contribution is 2.24.